The summed E-state index contributed by atoms with van der Waals surface area (Å²) in [6.07, 6.45) is 6.03. The van der Waals surface area contributed by atoms with Gasteiger partial charge in [0.2, 0.25) is 0 Å². The Kier molecular flexibility index (Phi) is 6.48. The van der Waals surface area contributed by atoms with E-state index in [0.717, 1.165) is 63.1 Å². The molecule has 8 nitrogen and oxygen atoms in total. The molecule has 4 saturated heterocycles. The van der Waals surface area contributed by atoms with Gasteiger partial charge in [-0.05, 0) is 82.0 Å². The number of benzene rings is 2. The SMILES string of the molecule is O=c1[nH]c2cc(NCCN3CCCCC3)c(F)cc2c(N[C@H]2CN3CCC2CC3)c1-c1nc2ccccc2[nH]1. The topological polar surface area (TPSA) is 92.1 Å². The summed E-state index contributed by atoms with van der Waals surface area (Å²) in [7, 11) is 0. The maximum Gasteiger partial charge on any atom is 0.261 e. The molecule has 0 aliphatic carbocycles. The Morgan fingerprint density at radius 2 is 1.82 bits per heavy atom. The number of nitrogens with zero attached hydrogens (tertiary/aromatic N) is 3. The molecule has 6 heterocycles. The van der Waals surface area contributed by atoms with E-state index in [1.165, 1.54) is 19.3 Å². The zero-order valence-electron chi connectivity index (χ0n) is 22.2. The number of para-hydroxylation sites is 2. The molecule has 4 N–H and O–H groups in total. The average Bonchev–Trinajstić information content (AvgIpc) is 3.39. The van der Waals surface area contributed by atoms with Gasteiger partial charge in [0.05, 0.1) is 27.9 Å². The van der Waals surface area contributed by atoms with Crippen molar-refractivity contribution in [1.82, 2.24) is 24.8 Å². The van der Waals surface area contributed by atoms with Gasteiger partial charge in [0.25, 0.3) is 5.56 Å². The van der Waals surface area contributed by atoms with E-state index < -0.39 is 0 Å². The highest BCUT2D eigenvalue weighted by molar-refractivity contribution is 6.00. The number of hydrogen-bond donors (Lipinski definition) is 4. The quantitative estimate of drug-likeness (QED) is 0.279. The zero-order valence-corrected chi connectivity index (χ0v) is 22.2. The van der Waals surface area contributed by atoms with E-state index in [1.807, 2.05) is 24.3 Å². The second-order valence-corrected chi connectivity index (χ2v) is 11.4. The monoisotopic (exact) mass is 529 g/mol. The maximum atomic E-state index is 15.6. The fraction of sp³-hybridized carbons (Fsp3) is 0.467. The van der Waals surface area contributed by atoms with Crippen LogP contribution in [0, 0.1) is 11.7 Å². The number of likely N-dealkylation sites (tertiary alicyclic amines) is 1. The Hall–Kier alpha value is -3.43. The van der Waals surface area contributed by atoms with Crippen LogP contribution in [0.1, 0.15) is 32.1 Å². The van der Waals surface area contributed by atoms with Crippen LogP contribution in [-0.2, 0) is 0 Å². The molecule has 4 fully saturated rings. The largest absolute Gasteiger partial charge is 0.381 e. The van der Waals surface area contributed by atoms with Crippen LogP contribution in [0.2, 0.25) is 0 Å². The van der Waals surface area contributed by atoms with Gasteiger partial charge in [-0.25, -0.2) is 9.37 Å². The number of hydrogen-bond acceptors (Lipinski definition) is 6. The van der Waals surface area contributed by atoms with Crippen LogP contribution >= 0.6 is 0 Å². The molecule has 8 rings (SSSR count). The fourth-order valence-corrected chi connectivity index (χ4v) is 6.74. The van der Waals surface area contributed by atoms with Crippen LogP contribution in [-0.4, -0.2) is 76.6 Å². The first-order chi connectivity index (χ1) is 19.1. The summed E-state index contributed by atoms with van der Waals surface area (Å²) in [5.74, 6) is 0.710. The summed E-state index contributed by atoms with van der Waals surface area (Å²) in [5.41, 5.74) is 3.54. The van der Waals surface area contributed by atoms with Crippen LogP contribution in [0.15, 0.2) is 41.2 Å². The minimum Gasteiger partial charge on any atom is -0.381 e. The molecule has 0 spiro atoms. The van der Waals surface area contributed by atoms with E-state index >= 15 is 4.39 Å². The number of halogens is 1. The van der Waals surface area contributed by atoms with Gasteiger partial charge in [-0.1, -0.05) is 18.6 Å². The minimum atomic E-state index is -0.319. The number of H-pyrrole nitrogens is 2. The van der Waals surface area contributed by atoms with Crippen LogP contribution in [0.5, 0.6) is 0 Å². The molecule has 1 atom stereocenters. The Bertz CT molecular complexity index is 1520. The number of aromatic nitrogens is 3. The first-order valence-corrected chi connectivity index (χ1v) is 14.4. The molecule has 2 bridgehead atoms. The lowest BCUT2D eigenvalue weighted by atomic mass is 9.83. The first-order valence-electron chi connectivity index (χ1n) is 14.4. The Labute approximate surface area is 227 Å². The molecule has 4 aromatic rings. The second-order valence-electron chi connectivity index (χ2n) is 11.4. The lowest BCUT2D eigenvalue weighted by molar-refractivity contribution is 0.0976. The highest BCUT2D eigenvalue weighted by Crippen LogP contribution is 2.37. The number of fused-ring (bicyclic) bond motifs is 5. The highest BCUT2D eigenvalue weighted by Gasteiger charge is 2.35. The van der Waals surface area contributed by atoms with Crippen LogP contribution in [0.3, 0.4) is 0 Å². The van der Waals surface area contributed by atoms with Gasteiger partial charge in [-0.15, -0.1) is 0 Å². The Balaban J connectivity index is 1.27. The molecule has 2 aromatic heterocycles. The van der Waals surface area contributed by atoms with Gasteiger partial charge in [0.15, 0.2) is 0 Å². The summed E-state index contributed by atoms with van der Waals surface area (Å²) in [4.78, 5) is 29.7. The van der Waals surface area contributed by atoms with E-state index in [4.69, 9.17) is 4.98 Å². The predicted octanol–water partition coefficient (Wildman–Crippen LogP) is 4.61. The molecule has 204 valence electrons. The smallest absolute Gasteiger partial charge is 0.261 e. The molecule has 0 amide bonds. The molecule has 4 aliphatic rings. The van der Waals surface area contributed by atoms with Crippen molar-refractivity contribution in [2.24, 2.45) is 5.92 Å². The summed E-state index contributed by atoms with van der Waals surface area (Å²) in [6.45, 7) is 6.92. The first kappa shape index (κ1) is 24.6. The fourth-order valence-electron chi connectivity index (χ4n) is 6.74. The Morgan fingerprint density at radius 3 is 2.59 bits per heavy atom. The van der Waals surface area contributed by atoms with E-state index in [1.54, 1.807) is 12.1 Å². The standard InChI is InChI=1S/C30H36FN7O/c31-21-16-20-24(17-25(21)32-10-15-37-11-4-1-5-12-37)36-30(39)27(29-34-22-6-2-3-7-23(22)35-29)28(20)33-26-18-38-13-8-19(26)9-14-38/h2-3,6-7,16-17,19,26,32H,1,4-5,8-15,18H2,(H,34,35)(H2,33,36,39)/t26-/m0/s1. The van der Waals surface area contributed by atoms with Crippen molar-refractivity contribution in [2.75, 3.05) is 56.4 Å². The number of pyridine rings is 1. The van der Waals surface area contributed by atoms with Crippen molar-refractivity contribution >= 4 is 33.3 Å². The Morgan fingerprint density at radius 1 is 1.00 bits per heavy atom. The number of aromatic amines is 2. The summed E-state index contributed by atoms with van der Waals surface area (Å²) in [5, 5.41) is 7.67. The number of nitrogens with one attached hydrogen (secondary N) is 4. The van der Waals surface area contributed by atoms with Gasteiger partial charge in [-0.3, -0.25) is 4.79 Å². The van der Waals surface area contributed by atoms with Crippen LogP contribution in [0.25, 0.3) is 33.3 Å². The van der Waals surface area contributed by atoms with Crippen molar-refractivity contribution in [1.29, 1.82) is 0 Å². The summed E-state index contributed by atoms with van der Waals surface area (Å²) >= 11 is 0. The average molecular weight is 530 g/mol. The number of imidazole rings is 1. The van der Waals surface area contributed by atoms with Crippen molar-refractivity contribution in [3.8, 4) is 11.4 Å². The summed E-state index contributed by atoms with van der Waals surface area (Å²) in [6, 6.07) is 11.2. The van der Waals surface area contributed by atoms with Crippen molar-refractivity contribution in [2.45, 2.75) is 38.1 Å². The molecule has 9 heteroatoms. The van der Waals surface area contributed by atoms with E-state index in [0.29, 0.717) is 46.1 Å². The van der Waals surface area contributed by atoms with Gasteiger partial charge in [0, 0.05) is 31.1 Å². The zero-order chi connectivity index (χ0) is 26.3. The molecule has 39 heavy (non-hydrogen) atoms. The second kappa shape index (κ2) is 10.3. The molecule has 0 unspecified atom stereocenters. The number of anilines is 2. The lowest BCUT2D eigenvalue weighted by Crippen LogP contribution is -2.53. The van der Waals surface area contributed by atoms with E-state index in [2.05, 4.69) is 30.4 Å². The molecular formula is C30H36FN7O. The third kappa shape index (κ3) is 4.78. The van der Waals surface area contributed by atoms with Crippen molar-refractivity contribution in [3.63, 3.8) is 0 Å². The van der Waals surface area contributed by atoms with Crippen LogP contribution in [0.4, 0.5) is 15.8 Å². The van der Waals surface area contributed by atoms with Crippen molar-refractivity contribution < 1.29 is 4.39 Å². The van der Waals surface area contributed by atoms with Gasteiger partial charge in [-0.2, -0.15) is 0 Å². The van der Waals surface area contributed by atoms with Gasteiger partial charge >= 0.3 is 0 Å². The van der Waals surface area contributed by atoms with E-state index in [-0.39, 0.29) is 17.4 Å². The molecule has 4 aliphatic heterocycles. The molecule has 2 aromatic carbocycles. The minimum absolute atomic E-state index is 0.200. The summed E-state index contributed by atoms with van der Waals surface area (Å²) < 4.78 is 15.6. The van der Waals surface area contributed by atoms with E-state index in [9.17, 15) is 4.79 Å². The number of rotatable bonds is 7. The number of piperidine rings is 4. The van der Waals surface area contributed by atoms with Crippen molar-refractivity contribution in [3.05, 3.63) is 52.6 Å². The third-order valence-corrected chi connectivity index (χ3v) is 8.91. The molecular weight excluding hydrogens is 493 g/mol. The van der Waals surface area contributed by atoms with Crippen LogP contribution < -0.4 is 16.2 Å². The maximum absolute atomic E-state index is 15.6. The van der Waals surface area contributed by atoms with Gasteiger partial charge < -0.3 is 30.4 Å². The normalized spacial score (nSPS) is 23.5. The predicted molar refractivity (Wildman–Crippen MR) is 155 cm³/mol. The lowest BCUT2D eigenvalue weighted by Gasteiger charge is -2.45. The van der Waals surface area contributed by atoms with Gasteiger partial charge in [0.1, 0.15) is 17.2 Å². The third-order valence-electron chi connectivity index (χ3n) is 8.91. The molecule has 0 saturated carbocycles. The highest BCUT2D eigenvalue weighted by atomic mass is 19.1. The molecule has 0 radical (unpaired) electrons.